The Hall–Kier alpha value is -1.14. The molecular weight excluding hydrogens is 256 g/mol. The Balaban J connectivity index is 1.65. The molecule has 0 unspecified atom stereocenters. The van der Waals surface area contributed by atoms with Gasteiger partial charge in [0.1, 0.15) is 0 Å². The maximum Gasteiger partial charge on any atom is 0.263 e. The molecule has 2 rings (SSSR count). The Morgan fingerprint density at radius 1 is 1.45 bits per heavy atom. The number of hydrogen-bond donors (Lipinski definition) is 2. The first-order chi connectivity index (χ1) is 9.83. The summed E-state index contributed by atoms with van der Waals surface area (Å²) in [6.07, 6.45) is 6.47. The minimum Gasteiger partial charge on any atom is -0.395 e. The van der Waals surface area contributed by atoms with Crippen molar-refractivity contribution in [2.24, 2.45) is 0 Å². The molecule has 1 aromatic rings. The Bertz CT molecular complexity index is 383. The predicted molar refractivity (Wildman–Crippen MR) is 77.7 cm³/mol. The highest BCUT2D eigenvalue weighted by molar-refractivity contribution is 5.20. The molecule has 1 fully saturated rings. The average Bonchev–Trinajstić information content (AvgIpc) is 2.92. The summed E-state index contributed by atoms with van der Waals surface area (Å²) < 4.78 is 5.12. The first-order valence-corrected chi connectivity index (χ1v) is 7.75. The van der Waals surface area contributed by atoms with Crippen LogP contribution in [0, 0.1) is 0 Å². The molecule has 0 aliphatic carbocycles. The predicted octanol–water partition coefficient (Wildman–Crippen LogP) is 1.67. The number of aliphatic hydroxyl groups excluding tert-OH is 1. The maximum absolute atomic E-state index is 9.36. The monoisotopic (exact) mass is 282 g/mol. The summed E-state index contributed by atoms with van der Waals surface area (Å²) in [5.41, 5.74) is 0. The van der Waals surface area contributed by atoms with Gasteiger partial charge in [0.25, 0.3) is 5.95 Å². The van der Waals surface area contributed by atoms with Gasteiger partial charge in [-0.3, -0.25) is 4.90 Å². The molecule has 6 heteroatoms. The van der Waals surface area contributed by atoms with Crippen LogP contribution in [0.5, 0.6) is 0 Å². The Kier molecular flexibility index (Phi) is 6.26. The molecular formula is C14H26N4O2. The van der Waals surface area contributed by atoms with E-state index in [-0.39, 0.29) is 6.61 Å². The van der Waals surface area contributed by atoms with Gasteiger partial charge < -0.3 is 14.9 Å². The molecule has 0 amide bonds. The number of anilines is 1. The fraction of sp³-hybridized carbons (Fsp3) is 0.857. The van der Waals surface area contributed by atoms with E-state index >= 15 is 0 Å². The van der Waals surface area contributed by atoms with E-state index < -0.39 is 0 Å². The molecule has 0 saturated carbocycles. The van der Waals surface area contributed by atoms with Crippen LogP contribution in [0.25, 0.3) is 0 Å². The van der Waals surface area contributed by atoms with Crippen LogP contribution >= 0.6 is 0 Å². The van der Waals surface area contributed by atoms with Crippen molar-refractivity contribution in [1.82, 2.24) is 15.0 Å². The van der Waals surface area contributed by atoms with Crippen LogP contribution in [0.4, 0.5) is 5.95 Å². The number of nitrogens with one attached hydrogen (secondary N) is 1. The maximum atomic E-state index is 9.36. The molecule has 1 aromatic heterocycles. The molecule has 6 nitrogen and oxygen atoms in total. The third-order valence-electron chi connectivity index (χ3n) is 3.80. The van der Waals surface area contributed by atoms with Crippen molar-refractivity contribution in [2.45, 2.75) is 51.5 Å². The SMILES string of the molecule is CCCc1nc(NCCCN2CCCC[C@@H]2CO)no1. The van der Waals surface area contributed by atoms with E-state index in [1.54, 1.807) is 0 Å². The van der Waals surface area contributed by atoms with E-state index in [1.807, 2.05) is 0 Å². The summed E-state index contributed by atoms with van der Waals surface area (Å²) >= 11 is 0. The highest BCUT2D eigenvalue weighted by Gasteiger charge is 2.20. The second kappa shape index (κ2) is 8.21. The van der Waals surface area contributed by atoms with Crippen LogP contribution in [0.15, 0.2) is 4.52 Å². The molecule has 1 aliphatic heterocycles. The topological polar surface area (TPSA) is 74.4 Å². The highest BCUT2D eigenvalue weighted by atomic mass is 16.5. The first kappa shape index (κ1) is 15.3. The lowest BCUT2D eigenvalue weighted by Crippen LogP contribution is -2.42. The van der Waals surface area contributed by atoms with Gasteiger partial charge in [0.15, 0.2) is 0 Å². The van der Waals surface area contributed by atoms with Crippen LogP contribution in [0.3, 0.4) is 0 Å². The van der Waals surface area contributed by atoms with Crippen LogP contribution in [-0.4, -0.2) is 52.4 Å². The summed E-state index contributed by atoms with van der Waals surface area (Å²) in [5.74, 6) is 1.29. The van der Waals surface area contributed by atoms with E-state index in [2.05, 4.69) is 27.3 Å². The molecule has 2 heterocycles. The number of nitrogens with zero attached hydrogens (tertiary/aromatic N) is 3. The summed E-state index contributed by atoms with van der Waals surface area (Å²) in [5, 5.41) is 16.4. The quantitative estimate of drug-likeness (QED) is 0.707. The van der Waals surface area contributed by atoms with E-state index in [1.165, 1.54) is 12.8 Å². The largest absolute Gasteiger partial charge is 0.395 e. The second-order valence-corrected chi connectivity index (χ2v) is 5.41. The van der Waals surface area contributed by atoms with E-state index in [4.69, 9.17) is 4.52 Å². The van der Waals surface area contributed by atoms with Gasteiger partial charge in [-0.15, -0.1) is 0 Å². The zero-order chi connectivity index (χ0) is 14.2. The molecule has 0 radical (unpaired) electrons. The lowest BCUT2D eigenvalue weighted by Gasteiger charge is -2.34. The Morgan fingerprint density at radius 3 is 3.15 bits per heavy atom. The fourth-order valence-electron chi connectivity index (χ4n) is 2.69. The fourth-order valence-corrected chi connectivity index (χ4v) is 2.69. The summed E-state index contributed by atoms with van der Waals surface area (Å²) in [6.45, 7) is 5.32. The van der Waals surface area contributed by atoms with Gasteiger partial charge in [-0.25, -0.2) is 0 Å². The minimum absolute atomic E-state index is 0.276. The molecule has 20 heavy (non-hydrogen) atoms. The van der Waals surface area contributed by atoms with Crippen molar-refractivity contribution in [2.75, 3.05) is 31.6 Å². The zero-order valence-electron chi connectivity index (χ0n) is 12.3. The van der Waals surface area contributed by atoms with Crippen molar-refractivity contribution in [3.05, 3.63) is 5.89 Å². The molecule has 114 valence electrons. The first-order valence-electron chi connectivity index (χ1n) is 7.75. The van der Waals surface area contributed by atoms with E-state index in [0.29, 0.717) is 17.9 Å². The number of piperidine rings is 1. The Labute approximate surface area is 120 Å². The van der Waals surface area contributed by atoms with Crippen LogP contribution < -0.4 is 5.32 Å². The second-order valence-electron chi connectivity index (χ2n) is 5.41. The lowest BCUT2D eigenvalue weighted by atomic mass is 10.0. The summed E-state index contributed by atoms with van der Waals surface area (Å²) in [6, 6.07) is 0.352. The summed E-state index contributed by atoms with van der Waals surface area (Å²) in [4.78, 5) is 6.67. The van der Waals surface area contributed by atoms with Crippen molar-refractivity contribution < 1.29 is 9.63 Å². The normalized spacial score (nSPS) is 20.2. The van der Waals surface area contributed by atoms with Gasteiger partial charge in [-0.05, 0) is 37.4 Å². The van der Waals surface area contributed by atoms with E-state index in [9.17, 15) is 5.11 Å². The van der Waals surface area contributed by atoms with Gasteiger partial charge in [-0.1, -0.05) is 13.3 Å². The van der Waals surface area contributed by atoms with Gasteiger partial charge >= 0.3 is 0 Å². The number of aromatic nitrogens is 2. The molecule has 1 aliphatic rings. The Morgan fingerprint density at radius 2 is 2.35 bits per heavy atom. The lowest BCUT2D eigenvalue weighted by molar-refractivity contribution is 0.0901. The van der Waals surface area contributed by atoms with Gasteiger partial charge in [0.2, 0.25) is 5.89 Å². The summed E-state index contributed by atoms with van der Waals surface area (Å²) in [7, 11) is 0. The zero-order valence-corrected chi connectivity index (χ0v) is 12.3. The third-order valence-corrected chi connectivity index (χ3v) is 3.80. The van der Waals surface area contributed by atoms with Crippen molar-refractivity contribution in [3.63, 3.8) is 0 Å². The molecule has 2 N–H and O–H groups in total. The van der Waals surface area contributed by atoms with Crippen molar-refractivity contribution in [3.8, 4) is 0 Å². The molecule has 0 spiro atoms. The van der Waals surface area contributed by atoms with Gasteiger partial charge in [0.05, 0.1) is 6.61 Å². The average molecular weight is 282 g/mol. The molecule has 0 aromatic carbocycles. The number of rotatable bonds is 8. The molecule has 1 atom stereocenters. The molecule has 0 bridgehead atoms. The number of aryl methyl sites for hydroxylation is 1. The molecule has 1 saturated heterocycles. The van der Waals surface area contributed by atoms with Crippen molar-refractivity contribution >= 4 is 5.95 Å². The third kappa shape index (κ3) is 4.45. The minimum atomic E-state index is 0.276. The van der Waals surface area contributed by atoms with Crippen LogP contribution in [0.2, 0.25) is 0 Å². The van der Waals surface area contributed by atoms with Crippen LogP contribution in [0.1, 0.15) is 44.9 Å². The van der Waals surface area contributed by atoms with Crippen molar-refractivity contribution in [1.29, 1.82) is 0 Å². The number of likely N-dealkylation sites (tertiary alicyclic amines) is 1. The standard InChI is InChI=1S/C14H26N4O2/c1-2-6-13-16-14(17-20-13)15-8-5-10-18-9-4-3-7-12(18)11-19/h12,19H,2-11H2,1H3,(H,15,17)/t12-/m1/s1. The smallest absolute Gasteiger partial charge is 0.263 e. The number of aliphatic hydroxyl groups is 1. The van der Waals surface area contributed by atoms with Crippen LogP contribution in [-0.2, 0) is 6.42 Å². The number of hydrogen-bond acceptors (Lipinski definition) is 6. The van der Waals surface area contributed by atoms with Gasteiger partial charge in [0, 0.05) is 25.6 Å². The van der Waals surface area contributed by atoms with E-state index in [0.717, 1.165) is 45.3 Å². The highest BCUT2D eigenvalue weighted by Crippen LogP contribution is 2.16. The van der Waals surface area contributed by atoms with Gasteiger partial charge in [-0.2, -0.15) is 4.98 Å².